The third kappa shape index (κ3) is 3.03. The van der Waals surface area contributed by atoms with Crippen LogP contribution < -0.4 is 5.32 Å². The van der Waals surface area contributed by atoms with E-state index in [4.69, 9.17) is 11.6 Å². The minimum atomic E-state index is 0.723. The van der Waals surface area contributed by atoms with Gasteiger partial charge in [-0.1, -0.05) is 53.3 Å². The molecule has 20 heavy (non-hydrogen) atoms. The van der Waals surface area contributed by atoms with Crippen LogP contribution in [0.1, 0.15) is 0 Å². The largest absolute Gasteiger partial charge is 0.332 e. The first-order valence-corrected chi connectivity index (χ1v) is 7.95. The molecule has 0 unspecified atom stereocenters. The summed E-state index contributed by atoms with van der Waals surface area (Å²) in [6, 6.07) is 17.7. The van der Waals surface area contributed by atoms with Crippen LogP contribution in [0.3, 0.4) is 0 Å². The van der Waals surface area contributed by atoms with Crippen LogP contribution in [0, 0.1) is 0 Å². The molecule has 3 rings (SSSR count). The average molecular weight is 366 g/mol. The van der Waals surface area contributed by atoms with Gasteiger partial charge in [-0.3, -0.25) is 0 Å². The molecule has 1 N–H and O–H groups in total. The number of thiazole rings is 1. The summed E-state index contributed by atoms with van der Waals surface area (Å²) in [5.41, 5.74) is 3.02. The highest BCUT2D eigenvalue weighted by Crippen LogP contribution is 2.36. The summed E-state index contributed by atoms with van der Waals surface area (Å²) in [4.78, 5) is 4.63. The van der Waals surface area contributed by atoms with Gasteiger partial charge in [0.1, 0.15) is 0 Å². The van der Waals surface area contributed by atoms with E-state index in [0.717, 1.165) is 30.9 Å². The Morgan fingerprint density at radius 2 is 1.70 bits per heavy atom. The zero-order valence-corrected chi connectivity index (χ0v) is 13.5. The second kappa shape index (κ2) is 5.95. The maximum absolute atomic E-state index is 5.88. The molecule has 0 fully saturated rings. The Labute approximate surface area is 134 Å². The molecule has 5 heteroatoms. The van der Waals surface area contributed by atoms with Crippen molar-refractivity contribution in [3.05, 3.63) is 63.4 Å². The molecule has 1 heterocycles. The fourth-order valence-electron chi connectivity index (χ4n) is 1.79. The topological polar surface area (TPSA) is 24.9 Å². The maximum atomic E-state index is 5.88. The van der Waals surface area contributed by atoms with Gasteiger partial charge in [0.25, 0.3) is 0 Å². The molecule has 0 aliphatic heterocycles. The van der Waals surface area contributed by atoms with Crippen molar-refractivity contribution in [2.24, 2.45) is 0 Å². The molecule has 0 atom stereocenters. The summed E-state index contributed by atoms with van der Waals surface area (Å²) in [6.07, 6.45) is 0. The van der Waals surface area contributed by atoms with Gasteiger partial charge in [-0.15, -0.1) is 0 Å². The fourth-order valence-corrected chi connectivity index (χ4v) is 3.43. The first-order valence-electron chi connectivity index (χ1n) is 5.97. The van der Waals surface area contributed by atoms with E-state index in [-0.39, 0.29) is 0 Å². The number of halogens is 2. The first kappa shape index (κ1) is 13.6. The molecule has 1 aromatic heterocycles. The Kier molecular flexibility index (Phi) is 4.05. The van der Waals surface area contributed by atoms with Crippen molar-refractivity contribution in [3.63, 3.8) is 0 Å². The van der Waals surface area contributed by atoms with Gasteiger partial charge in [-0.05, 0) is 40.2 Å². The molecule has 0 aliphatic carbocycles. The minimum Gasteiger partial charge on any atom is -0.332 e. The lowest BCUT2D eigenvalue weighted by Crippen LogP contribution is -1.88. The number of hydrogen-bond donors (Lipinski definition) is 1. The molecule has 2 aromatic carbocycles. The van der Waals surface area contributed by atoms with Crippen molar-refractivity contribution in [1.82, 2.24) is 4.98 Å². The van der Waals surface area contributed by atoms with Crippen LogP contribution >= 0.6 is 38.9 Å². The number of nitrogens with one attached hydrogen (secondary N) is 1. The van der Waals surface area contributed by atoms with Crippen molar-refractivity contribution in [1.29, 1.82) is 0 Å². The molecule has 0 saturated heterocycles. The second-order valence-corrected chi connectivity index (χ2v) is 6.89. The van der Waals surface area contributed by atoms with E-state index in [1.807, 2.05) is 54.6 Å². The van der Waals surface area contributed by atoms with Crippen LogP contribution in [-0.2, 0) is 0 Å². The molecule has 0 spiro atoms. The Balaban J connectivity index is 1.87. The van der Waals surface area contributed by atoms with Gasteiger partial charge in [0.2, 0.25) is 0 Å². The summed E-state index contributed by atoms with van der Waals surface area (Å²) in [5, 5.41) is 4.85. The molecule has 0 bridgehead atoms. The standard InChI is InChI=1S/C15H10BrClN2S/c16-14-13(10-4-2-1-3-5-10)19-15(20-14)18-12-8-6-11(17)7-9-12/h1-9H,(H,18,19). The zero-order chi connectivity index (χ0) is 13.9. The van der Waals surface area contributed by atoms with Gasteiger partial charge < -0.3 is 5.32 Å². The Bertz CT molecular complexity index is 710. The lowest BCUT2D eigenvalue weighted by atomic mass is 10.2. The predicted octanol–water partition coefficient (Wildman–Crippen LogP) is 5.97. The lowest BCUT2D eigenvalue weighted by Gasteiger charge is -2.01. The fraction of sp³-hybridized carbons (Fsp3) is 0. The molecule has 0 aliphatic rings. The van der Waals surface area contributed by atoms with E-state index in [0.29, 0.717) is 0 Å². The summed E-state index contributed by atoms with van der Waals surface area (Å²) < 4.78 is 1.01. The smallest absolute Gasteiger partial charge is 0.188 e. The van der Waals surface area contributed by atoms with Gasteiger partial charge in [0.15, 0.2) is 5.13 Å². The van der Waals surface area contributed by atoms with Gasteiger partial charge in [-0.25, -0.2) is 4.98 Å². The van der Waals surface area contributed by atoms with Gasteiger partial charge in [0, 0.05) is 16.3 Å². The van der Waals surface area contributed by atoms with E-state index in [1.165, 1.54) is 0 Å². The van der Waals surface area contributed by atoms with Crippen molar-refractivity contribution in [3.8, 4) is 11.3 Å². The summed E-state index contributed by atoms with van der Waals surface area (Å²) in [6.45, 7) is 0. The molecule has 0 amide bonds. The van der Waals surface area contributed by atoms with Crippen LogP contribution in [-0.4, -0.2) is 4.98 Å². The SMILES string of the molecule is Clc1ccc(Nc2nc(-c3ccccc3)c(Br)s2)cc1. The Morgan fingerprint density at radius 3 is 2.40 bits per heavy atom. The highest BCUT2D eigenvalue weighted by Gasteiger charge is 2.10. The summed E-state index contributed by atoms with van der Waals surface area (Å²) in [5.74, 6) is 0. The molecule has 0 saturated carbocycles. The van der Waals surface area contributed by atoms with Crippen molar-refractivity contribution in [2.45, 2.75) is 0 Å². The number of anilines is 2. The number of benzene rings is 2. The van der Waals surface area contributed by atoms with Crippen molar-refractivity contribution in [2.75, 3.05) is 5.32 Å². The average Bonchev–Trinajstić information content (AvgIpc) is 2.83. The van der Waals surface area contributed by atoms with Crippen LogP contribution in [0.2, 0.25) is 5.02 Å². The first-order chi connectivity index (χ1) is 9.72. The quantitative estimate of drug-likeness (QED) is 0.618. The van der Waals surface area contributed by atoms with Crippen LogP contribution in [0.5, 0.6) is 0 Å². The van der Waals surface area contributed by atoms with E-state index >= 15 is 0 Å². The number of aromatic nitrogens is 1. The second-order valence-electron chi connectivity index (χ2n) is 4.14. The number of rotatable bonds is 3. The van der Waals surface area contributed by atoms with Crippen LogP contribution in [0.25, 0.3) is 11.3 Å². The third-order valence-corrected chi connectivity index (χ3v) is 4.60. The van der Waals surface area contributed by atoms with Crippen LogP contribution in [0.15, 0.2) is 58.4 Å². The Morgan fingerprint density at radius 1 is 1.00 bits per heavy atom. The van der Waals surface area contributed by atoms with E-state index in [2.05, 4.69) is 26.2 Å². The molecular weight excluding hydrogens is 356 g/mol. The number of nitrogens with zero attached hydrogens (tertiary/aromatic N) is 1. The van der Waals surface area contributed by atoms with Gasteiger partial charge in [0.05, 0.1) is 9.48 Å². The van der Waals surface area contributed by atoms with E-state index in [1.54, 1.807) is 11.3 Å². The van der Waals surface area contributed by atoms with Crippen molar-refractivity contribution < 1.29 is 0 Å². The normalized spacial score (nSPS) is 10.5. The van der Waals surface area contributed by atoms with Gasteiger partial charge >= 0.3 is 0 Å². The van der Waals surface area contributed by atoms with Gasteiger partial charge in [-0.2, -0.15) is 0 Å². The highest BCUT2D eigenvalue weighted by molar-refractivity contribution is 9.11. The zero-order valence-electron chi connectivity index (χ0n) is 10.3. The summed E-state index contributed by atoms with van der Waals surface area (Å²) in [7, 11) is 0. The molecular formula is C15H10BrClN2S. The molecule has 0 radical (unpaired) electrons. The molecule has 2 nitrogen and oxygen atoms in total. The number of hydrogen-bond acceptors (Lipinski definition) is 3. The van der Waals surface area contributed by atoms with E-state index < -0.39 is 0 Å². The highest BCUT2D eigenvalue weighted by atomic mass is 79.9. The predicted molar refractivity (Wildman–Crippen MR) is 90.0 cm³/mol. The molecule has 3 aromatic rings. The Hall–Kier alpha value is -1.36. The minimum absolute atomic E-state index is 0.723. The summed E-state index contributed by atoms with van der Waals surface area (Å²) >= 11 is 11.0. The molecule has 100 valence electrons. The lowest BCUT2D eigenvalue weighted by molar-refractivity contribution is 1.38. The van der Waals surface area contributed by atoms with Crippen LogP contribution in [0.4, 0.5) is 10.8 Å². The monoisotopic (exact) mass is 364 g/mol. The third-order valence-electron chi connectivity index (χ3n) is 2.73. The maximum Gasteiger partial charge on any atom is 0.188 e. The van der Waals surface area contributed by atoms with Crippen molar-refractivity contribution >= 4 is 49.7 Å². The van der Waals surface area contributed by atoms with E-state index in [9.17, 15) is 0 Å².